The van der Waals surface area contributed by atoms with E-state index in [0.717, 1.165) is 45.7 Å². The van der Waals surface area contributed by atoms with Crippen molar-refractivity contribution in [2.75, 3.05) is 32.8 Å². The highest BCUT2D eigenvalue weighted by Gasteiger charge is 2.39. The predicted octanol–water partition coefficient (Wildman–Crippen LogP) is 3.26. The van der Waals surface area contributed by atoms with Crippen molar-refractivity contribution in [2.24, 2.45) is 5.41 Å². The molecule has 0 amide bonds. The summed E-state index contributed by atoms with van der Waals surface area (Å²) in [6.07, 6.45) is 4.83. The van der Waals surface area contributed by atoms with Gasteiger partial charge in [-0.3, -0.25) is 0 Å². The summed E-state index contributed by atoms with van der Waals surface area (Å²) in [6.45, 7) is 6.78. The van der Waals surface area contributed by atoms with Gasteiger partial charge in [0.25, 0.3) is 0 Å². The molecule has 2 nitrogen and oxygen atoms in total. The molecule has 3 heteroatoms. The van der Waals surface area contributed by atoms with E-state index in [2.05, 4.69) is 11.8 Å². The molecule has 0 aromatic carbocycles. The second kappa shape index (κ2) is 6.69. The molecule has 1 aliphatic carbocycles. The first-order valence-corrected chi connectivity index (χ1v) is 6.68. The molecule has 102 valence electrons. The number of halogens is 1. The van der Waals surface area contributed by atoms with Gasteiger partial charge in [-0.1, -0.05) is 13.8 Å². The van der Waals surface area contributed by atoms with Gasteiger partial charge in [-0.15, -0.1) is 0 Å². The maximum atomic E-state index is 13.0. The molecule has 1 saturated heterocycles. The minimum Gasteiger partial charge on any atom is -0.381 e. The second-order valence-electron chi connectivity index (χ2n) is 5.44. The lowest BCUT2D eigenvalue weighted by Gasteiger charge is -2.46. The normalized spacial score (nSPS) is 25.1. The number of alkyl halides is 1. The van der Waals surface area contributed by atoms with Gasteiger partial charge in [-0.2, -0.15) is 0 Å². The van der Waals surface area contributed by atoms with Gasteiger partial charge in [0.15, 0.2) is 0 Å². The number of piperidine rings is 1. The molecule has 17 heavy (non-hydrogen) atoms. The van der Waals surface area contributed by atoms with E-state index in [9.17, 15) is 4.39 Å². The number of hydrogen-bond donors (Lipinski definition) is 0. The second-order valence-corrected chi connectivity index (χ2v) is 5.44. The lowest BCUT2D eigenvalue weighted by molar-refractivity contribution is -0.0323. The van der Waals surface area contributed by atoms with E-state index in [4.69, 9.17) is 4.74 Å². The topological polar surface area (TPSA) is 12.5 Å². The number of nitrogens with zero attached hydrogens (tertiary/aromatic N) is 1. The molecule has 0 unspecified atom stereocenters. The molecule has 0 N–H and O–H groups in total. The minimum atomic E-state index is -0.555. The first kappa shape index (κ1) is 14.9. The van der Waals surface area contributed by atoms with E-state index in [1.165, 1.54) is 19.3 Å². The lowest BCUT2D eigenvalue weighted by Crippen LogP contribution is -2.48. The Morgan fingerprint density at radius 1 is 1.29 bits per heavy atom. The highest BCUT2D eigenvalue weighted by Crippen LogP contribution is 2.42. The molecule has 0 aromatic heterocycles. The van der Waals surface area contributed by atoms with Gasteiger partial charge in [0.2, 0.25) is 0 Å². The largest absolute Gasteiger partial charge is 0.381 e. The summed E-state index contributed by atoms with van der Waals surface area (Å²) in [5.74, 6) is 0. The Labute approximate surface area is 106 Å². The van der Waals surface area contributed by atoms with Crippen molar-refractivity contribution in [1.82, 2.24) is 4.90 Å². The Morgan fingerprint density at radius 3 is 2.41 bits per heavy atom. The molecule has 0 radical (unpaired) electrons. The summed E-state index contributed by atoms with van der Waals surface area (Å²) < 4.78 is 18.6. The van der Waals surface area contributed by atoms with Crippen molar-refractivity contribution in [3.8, 4) is 0 Å². The van der Waals surface area contributed by atoms with Crippen LogP contribution in [0.25, 0.3) is 0 Å². The van der Waals surface area contributed by atoms with E-state index in [1.807, 2.05) is 0 Å². The minimum absolute atomic E-state index is 0. The third-order valence-electron chi connectivity index (χ3n) is 4.10. The highest BCUT2D eigenvalue weighted by atomic mass is 19.1. The van der Waals surface area contributed by atoms with Crippen LogP contribution in [-0.4, -0.2) is 43.9 Å². The van der Waals surface area contributed by atoms with Crippen LogP contribution < -0.4 is 0 Å². The summed E-state index contributed by atoms with van der Waals surface area (Å²) in [4.78, 5) is 2.44. The lowest BCUT2D eigenvalue weighted by atomic mass is 9.69. The Bertz CT molecular complexity index is 210. The molecule has 0 atom stereocenters. The zero-order chi connectivity index (χ0) is 11.4. The Kier molecular flexibility index (Phi) is 5.87. The van der Waals surface area contributed by atoms with Gasteiger partial charge in [-0.25, -0.2) is 4.39 Å². The molecule has 1 heterocycles. The maximum absolute atomic E-state index is 13.0. The van der Waals surface area contributed by atoms with E-state index >= 15 is 0 Å². The summed E-state index contributed by atoms with van der Waals surface area (Å²) in [7, 11) is 0. The molecule has 2 rings (SSSR count). The molecule has 0 spiro atoms. The first-order valence-electron chi connectivity index (χ1n) is 6.68. The van der Waals surface area contributed by atoms with Gasteiger partial charge in [0.1, 0.15) is 6.17 Å². The van der Waals surface area contributed by atoms with Gasteiger partial charge >= 0.3 is 0 Å². The molecular formula is C14H28FNO. The maximum Gasteiger partial charge on any atom is 0.103 e. The monoisotopic (exact) mass is 245 g/mol. The first-order chi connectivity index (χ1) is 7.74. The SMILES string of the molecule is C.CCOCC1(CN2CCC(F)CC2)CCC1. The van der Waals surface area contributed by atoms with Crippen LogP contribution in [0, 0.1) is 5.41 Å². The van der Waals surface area contributed by atoms with Crippen molar-refractivity contribution in [3.05, 3.63) is 0 Å². The Morgan fingerprint density at radius 2 is 1.94 bits per heavy atom. The summed E-state index contributed by atoms with van der Waals surface area (Å²) in [5.41, 5.74) is 0.402. The quantitative estimate of drug-likeness (QED) is 0.737. The fraction of sp³-hybridized carbons (Fsp3) is 1.00. The molecule has 0 aromatic rings. The standard InChI is InChI=1S/C13H24FNO.CH4/c1-2-16-11-13(6-3-7-13)10-15-8-4-12(14)5-9-15;/h12H,2-11H2,1H3;1H4. The van der Waals surface area contributed by atoms with Gasteiger partial charge < -0.3 is 9.64 Å². The van der Waals surface area contributed by atoms with Gasteiger partial charge in [-0.05, 0) is 32.6 Å². The van der Waals surface area contributed by atoms with Crippen molar-refractivity contribution < 1.29 is 9.13 Å². The van der Waals surface area contributed by atoms with Crippen LogP contribution in [0.5, 0.6) is 0 Å². The molecule has 1 aliphatic heterocycles. The third-order valence-corrected chi connectivity index (χ3v) is 4.10. The fourth-order valence-electron chi connectivity index (χ4n) is 2.88. The van der Waals surface area contributed by atoms with Gasteiger partial charge in [0, 0.05) is 31.7 Å². The van der Waals surface area contributed by atoms with Crippen LogP contribution in [0.15, 0.2) is 0 Å². The Hall–Kier alpha value is -0.150. The van der Waals surface area contributed by atoms with Crippen LogP contribution in [0.3, 0.4) is 0 Å². The highest BCUT2D eigenvalue weighted by molar-refractivity contribution is 4.91. The summed E-state index contributed by atoms with van der Waals surface area (Å²) >= 11 is 0. The zero-order valence-electron chi connectivity index (χ0n) is 10.4. The van der Waals surface area contributed by atoms with Crippen LogP contribution in [0.2, 0.25) is 0 Å². The molecule has 1 saturated carbocycles. The van der Waals surface area contributed by atoms with E-state index < -0.39 is 6.17 Å². The van der Waals surface area contributed by atoms with Gasteiger partial charge in [0.05, 0.1) is 6.61 Å². The number of likely N-dealkylation sites (tertiary alicyclic amines) is 1. The predicted molar refractivity (Wildman–Crippen MR) is 70.1 cm³/mol. The van der Waals surface area contributed by atoms with Crippen LogP contribution in [0.1, 0.15) is 46.5 Å². The molecule has 2 aliphatic rings. The number of rotatable bonds is 5. The van der Waals surface area contributed by atoms with Crippen LogP contribution in [-0.2, 0) is 4.74 Å². The number of hydrogen-bond acceptors (Lipinski definition) is 2. The van der Waals surface area contributed by atoms with Crippen LogP contribution >= 0.6 is 0 Å². The third kappa shape index (κ3) is 3.92. The van der Waals surface area contributed by atoms with Crippen molar-refractivity contribution in [1.29, 1.82) is 0 Å². The van der Waals surface area contributed by atoms with Crippen molar-refractivity contribution >= 4 is 0 Å². The fourth-order valence-corrected chi connectivity index (χ4v) is 2.88. The van der Waals surface area contributed by atoms with E-state index in [1.54, 1.807) is 0 Å². The van der Waals surface area contributed by atoms with Crippen molar-refractivity contribution in [2.45, 2.75) is 52.6 Å². The van der Waals surface area contributed by atoms with E-state index in [-0.39, 0.29) is 7.43 Å². The smallest absolute Gasteiger partial charge is 0.103 e. The van der Waals surface area contributed by atoms with Crippen molar-refractivity contribution in [3.63, 3.8) is 0 Å². The summed E-state index contributed by atoms with van der Waals surface area (Å²) in [6, 6.07) is 0. The average molecular weight is 245 g/mol. The Balaban J connectivity index is 0.00000144. The summed E-state index contributed by atoms with van der Waals surface area (Å²) in [5, 5.41) is 0. The van der Waals surface area contributed by atoms with Crippen LogP contribution in [0.4, 0.5) is 4.39 Å². The molecule has 0 bridgehead atoms. The molecular weight excluding hydrogens is 217 g/mol. The van der Waals surface area contributed by atoms with E-state index in [0.29, 0.717) is 5.41 Å². The average Bonchev–Trinajstić information content (AvgIpc) is 2.25. The molecule has 2 fully saturated rings. The number of ether oxygens (including phenoxy) is 1. The zero-order valence-corrected chi connectivity index (χ0v) is 10.4.